The molecule has 1 aliphatic rings. The fourth-order valence-electron chi connectivity index (χ4n) is 2.00. The summed E-state index contributed by atoms with van der Waals surface area (Å²) in [5, 5.41) is 8.17. The van der Waals surface area contributed by atoms with E-state index in [0.29, 0.717) is 0 Å². The summed E-state index contributed by atoms with van der Waals surface area (Å²) in [6.45, 7) is 1.78. The molecule has 0 spiro atoms. The van der Waals surface area contributed by atoms with Gasteiger partial charge in [-0.1, -0.05) is 28.9 Å². The molecule has 0 aliphatic carbocycles. The lowest BCUT2D eigenvalue weighted by molar-refractivity contribution is 0.374. The summed E-state index contributed by atoms with van der Waals surface area (Å²) in [5.74, 6) is 0.994. The SMILES string of the molecule is Clc1cccc(-c2noc3c2CNCC3)c1. The molecule has 0 atom stereocenters. The van der Waals surface area contributed by atoms with Crippen molar-refractivity contribution in [1.29, 1.82) is 0 Å². The molecule has 0 bridgehead atoms. The predicted octanol–water partition coefficient (Wildman–Crippen LogP) is 2.64. The fraction of sp³-hybridized carbons (Fsp3) is 0.250. The van der Waals surface area contributed by atoms with Crippen LogP contribution in [0.1, 0.15) is 11.3 Å². The Morgan fingerprint density at radius 3 is 3.19 bits per heavy atom. The average molecular weight is 235 g/mol. The van der Waals surface area contributed by atoms with Gasteiger partial charge in [0.25, 0.3) is 0 Å². The number of hydrogen-bond donors (Lipinski definition) is 1. The summed E-state index contributed by atoms with van der Waals surface area (Å²) < 4.78 is 5.35. The lowest BCUT2D eigenvalue weighted by atomic mass is 10.0. The molecule has 4 heteroatoms. The monoisotopic (exact) mass is 234 g/mol. The topological polar surface area (TPSA) is 38.1 Å². The highest BCUT2D eigenvalue weighted by Gasteiger charge is 2.19. The highest BCUT2D eigenvalue weighted by Crippen LogP contribution is 2.28. The molecular formula is C12H11ClN2O. The van der Waals surface area contributed by atoms with Crippen LogP contribution in [0.15, 0.2) is 28.8 Å². The number of nitrogens with one attached hydrogen (secondary N) is 1. The van der Waals surface area contributed by atoms with E-state index in [1.54, 1.807) is 0 Å². The Balaban J connectivity index is 2.09. The van der Waals surface area contributed by atoms with Crippen LogP contribution in [-0.4, -0.2) is 11.7 Å². The van der Waals surface area contributed by atoms with Crippen LogP contribution >= 0.6 is 11.6 Å². The smallest absolute Gasteiger partial charge is 0.143 e. The first-order chi connectivity index (χ1) is 7.84. The van der Waals surface area contributed by atoms with Gasteiger partial charge in [0.15, 0.2) is 0 Å². The zero-order valence-corrected chi connectivity index (χ0v) is 9.42. The van der Waals surface area contributed by atoms with Crippen molar-refractivity contribution in [3.05, 3.63) is 40.6 Å². The molecule has 16 heavy (non-hydrogen) atoms. The zero-order chi connectivity index (χ0) is 11.0. The molecule has 0 radical (unpaired) electrons. The number of hydrogen-bond acceptors (Lipinski definition) is 3. The minimum Gasteiger partial charge on any atom is -0.360 e. The van der Waals surface area contributed by atoms with Crippen LogP contribution in [0, 0.1) is 0 Å². The minimum absolute atomic E-state index is 0.720. The van der Waals surface area contributed by atoms with Gasteiger partial charge in [-0.05, 0) is 12.1 Å². The molecule has 82 valence electrons. The number of halogens is 1. The first-order valence-corrected chi connectivity index (χ1v) is 5.66. The molecule has 1 aliphatic heterocycles. The van der Waals surface area contributed by atoms with E-state index in [1.807, 2.05) is 24.3 Å². The first-order valence-electron chi connectivity index (χ1n) is 5.28. The van der Waals surface area contributed by atoms with Crippen molar-refractivity contribution in [2.75, 3.05) is 6.54 Å². The molecule has 1 aromatic carbocycles. The van der Waals surface area contributed by atoms with E-state index in [9.17, 15) is 0 Å². The second-order valence-corrected chi connectivity index (χ2v) is 4.31. The van der Waals surface area contributed by atoms with Gasteiger partial charge in [-0.3, -0.25) is 0 Å². The highest BCUT2D eigenvalue weighted by molar-refractivity contribution is 6.30. The van der Waals surface area contributed by atoms with Gasteiger partial charge < -0.3 is 9.84 Å². The van der Waals surface area contributed by atoms with Crippen molar-refractivity contribution in [1.82, 2.24) is 10.5 Å². The van der Waals surface area contributed by atoms with Crippen LogP contribution in [0.25, 0.3) is 11.3 Å². The van der Waals surface area contributed by atoms with Crippen molar-refractivity contribution < 1.29 is 4.52 Å². The van der Waals surface area contributed by atoms with E-state index in [2.05, 4.69) is 10.5 Å². The van der Waals surface area contributed by atoms with Gasteiger partial charge in [0.1, 0.15) is 11.5 Å². The van der Waals surface area contributed by atoms with Crippen LogP contribution in [0.4, 0.5) is 0 Å². The Kier molecular flexibility index (Phi) is 2.42. The third-order valence-corrected chi connectivity index (χ3v) is 3.03. The molecule has 2 aromatic rings. The summed E-state index contributed by atoms with van der Waals surface area (Å²) in [7, 11) is 0. The minimum atomic E-state index is 0.720. The third kappa shape index (κ3) is 1.62. The van der Waals surface area contributed by atoms with Gasteiger partial charge in [0, 0.05) is 35.7 Å². The van der Waals surface area contributed by atoms with E-state index < -0.39 is 0 Å². The third-order valence-electron chi connectivity index (χ3n) is 2.80. The van der Waals surface area contributed by atoms with Crippen molar-refractivity contribution in [3.63, 3.8) is 0 Å². The average Bonchev–Trinajstić information content (AvgIpc) is 2.72. The molecular weight excluding hydrogens is 224 g/mol. The Labute approximate surface area is 98.4 Å². The Morgan fingerprint density at radius 2 is 2.31 bits per heavy atom. The van der Waals surface area contributed by atoms with Crippen molar-refractivity contribution >= 4 is 11.6 Å². The number of aromatic nitrogens is 1. The molecule has 0 amide bonds. The largest absolute Gasteiger partial charge is 0.360 e. The van der Waals surface area contributed by atoms with Crippen LogP contribution in [0.2, 0.25) is 5.02 Å². The maximum atomic E-state index is 5.97. The number of nitrogens with zero attached hydrogens (tertiary/aromatic N) is 1. The number of fused-ring (bicyclic) bond motifs is 1. The maximum absolute atomic E-state index is 5.97. The van der Waals surface area contributed by atoms with E-state index in [0.717, 1.165) is 47.1 Å². The number of benzene rings is 1. The molecule has 0 saturated carbocycles. The summed E-state index contributed by atoms with van der Waals surface area (Å²) in [6, 6.07) is 7.69. The standard InChI is InChI=1S/C12H11ClN2O/c13-9-3-1-2-8(6-9)12-10-7-14-5-4-11(10)16-15-12/h1-3,6,14H,4-5,7H2. The Hall–Kier alpha value is -1.32. The highest BCUT2D eigenvalue weighted by atomic mass is 35.5. The van der Waals surface area contributed by atoms with Crippen molar-refractivity contribution in [2.45, 2.75) is 13.0 Å². The van der Waals surface area contributed by atoms with Crippen LogP contribution < -0.4 is 5.32 Å². The first kappa shape index (κ1) is 9.87. The normalized spacial score (nSPS) is 14.8. The molecule has 0 fully saturated rings. The van der Waals surface area contributed by atoms with Crippen LogP contribution in [-0.2, 0) is 13.0 Å². The van der Waals surface area contributed by atoms with E-state index in [4.69, 9.17) is 16.1 Å². The molecule has 3 nitrogen and oxygen atoms in total. The predicted molar refractivity (Wildman–Crippen MR) is 62.4 cm³/mol. The molecule has 0 unspecified atom stereocenters. The summed E-state index contributed by atoms with van der Waals surface area (Å²) in [4.78, 5) is 0. The Bertz CT molecular complexity index is 521. The van der Waals surface area contributed by atoms with E-state index >= 15 is 0 Å². The molecule has 1 aromatic heterocycles. The number of rotatable bonds is 1. The van der Waals surface area contributed by atoms with Gasteiger partial charge in [-0.25, -0.2) is 0 Å². The molecule has 2 heterocycles. The van der Waals surface area contributed by atoms with Gasteiger partial charge in [0.05, 0.1) is 0 Å². The molecule has 0 saturated heterocycles. The molecule has 1 N–H and O–H groups in total. The molecule has 3 rings (SSSR count). The second-order valence-electron chi connectivity index (χ2n) is 3.87. The van der Waals surface area contributed by atoms with Gasteiger partial charge in [-0.2, -0.15) is 0 Å². The summed E-state index contributed by atoms with van der Waals surface area (Å²) in [5.41, 5.74) is 3.08. The second kappa shape index (κ2) is 3.92. The van der Waals surface area contributed by atoms with Gasteiger partial charge in [-0.15, -0.1) is 0 Å². The van der Waals surface area contributed by atoms with Gasteiger partial charge >= 0.3 is 0 Å². The fourth-order valence-corrected chi connectivity index (χ4v) is 2.19. The lowest BCUT2D eigenvalue weighted by Gasteiger charge is -2.11. The van der Waals surface area contributed by atoms with E-state index in [-0.39, 0.29) is 0 Å². The Morgan fingerprint density at radius 1 is 1.38 bits per heavy atom. The van der Waals surface area contributed by atoms with Gasteiger partial charge in [0.2, 0.25) is 0 Å². The lowest BCUT2D eigenvalue weighted by Crippen LogP contribution is -2.22. The van der Waals surface area contributed by atoms with Crippen molar-refractivity contribution in [2.24, 2.45) is 0 Å². The van der Waals surface area contributed by atoms with Crippen LogP contribution in [0.3, 0.4) is 0 Å². The van der Waals surface area contributed by atoms with Crippen LogP contribution in [0.5, 0.6) is 0 Å². The zero-order valence-electron chi connectivity index (χ0n) is 8.66. The summed E-state index contributed by atoms with van der Waals surface area (Å²) >= 11 is 5.97. The van der Waals surface area contributed by atoms with E-state index in [1.165, 1.54) is 0 Å². The van der Waals surface area contributed by atoms with Crippen molar-refractivity contribution in [3.8, 4) is 11.3 Å². The quantitative estimate of drug-likeness (QED) is 0.825. The summed E-state index contributed by atoms with van der Waals surface area (Å²) in [6.07, 6.45) is 0.906. The maximum Gasteiger partial charge on any atom is 0.143 e.